The molecular weight excluding hydrogens is 359 g/mol. The van der Waals surface area contributed by atoms with Gasteiger partial charge in [0, 0.05) is 9.15 Å². The fraction of sp³-hybridized carbons (Fsp3) is 0.222. The standard InChI is InChI=1S/C18H19IO/c1-2-9-16(20)17(14-10-5-3-6-11-14)18(19)15-12-7-4-8-13-15/h3-8,10-13,16,20H,2,9H2,1H3/b18-17-. The van der Waals surface area contributed by atoms with Crippen LogP contribution in [0.1, 0.15) is 30.9 Å². The highest BCUT2D eigenvalue weighted by atomic mass is 127. The minimum atomic E-state index is -0.422. The summed E-state index contributed by atoms with van der Waals surface area (Å²) < 4.78 is 1.12. The summed E-state index contributed by atoms with van der Waals surface area (Å²) >= 11 is 2.35. The van der Waals surface area contributed by atoms with E-state index in [9.17, 15) is 5.11 Å². The number of aliphatic hydroxyl groups excluding tert-OH is 1. The van der Waals surface area contributed by atoms with Crippen LogP contribution >= 0.6 is 22.6 Å². The molecule has 0 saturated carbocycles. The topological polar surface area (TPSA) is 20.2 Å². The van der Waals surface area contributed by atoms with Gasteiger partial charge in [-0.1, -0.05) is 74.0 Å². The molecule has 0 spiro atoms. The van der Waals surface area contributed by atoms with E-state index in [1.807, 2.05) is 36.4 Å². The van der Waals surface area contributed by atoms with Gasteiger partial charge < -0.3 is 5.11 Å². The lowest BCUT2D eigenvalue weighted by Crippen LogP contribution is -2.10. The van der Waals surface area contributed by atoms with Crippen molar-refractivity contribution in [2.75, 3.05) is 0 Å². The quantitative estimate of drug-likeness (QED) is 0.564. The minimum Gasteiger partial charge on any atom is -0.388 e. The molecule has 0 aliphatic heterocycles. The maximum atomic E-state index is 10.5. The second kappa shape index (κ2) is 7.60. The van der Waals surface area contributed by atoms with E-state index in [1.165, 1.54) is 0 Å². The molecule has 1 unspecified atom stereocenters. The molecule has 0 aliphatic carbocycles. The Morgan fingerprint density at radius 2 is 1.45 bits per heavy atom. The van der Waals surface area contributed by atoms with Crippen molar-refractivity contribution in [2.45, 2.75) is 25.9 Å². The summed E-state index contributed by atoms with van der Waals surface area (Å²) in [5, 5.41) is 10.5. The highest BCUT2D eigenvalue weighted by Gasteiger charge is 2.17. The molecule has 104 valence electrons. The Hall–Kier alpha value is -1.13. The number of halogens is 1. The lowest BCUT2D eigenvalue weighted by Gasteiger charge is -2.18. The molecular formula is C18H19IO. The van der Waals surface area contributed by atoms with Crippen LogP contribution in [0.15, 0.2) is 60.7 Å². The fourth-order valence-corrected chi connectivity index (χ4v) is 3.27. The zero-order chi connectivity index (χ0) is 14.4. The Balaban J connectivity index is 2.51. The molecule has 1 atom stereocenters. The van der Waals surface area contributed by atoms with Crippen LogP contribution in [-0.2, 0) is 0 Å². The molecule has 0 heterocycles. The van der Waals surface area contributed by atoms with Crippen LogP contribution in [0.25, 0.3) is 9.15 Å². The van der Waals surface area contributed by atoms with Gasteiger partial charge in [0.15, 0.2) is 0 Å². The third-order valence-electron chi connectivity index (χ3n) is 3.24. The Bertz CT molecular complexity index is 560. The number of aliphatic hydroxyl groups is 1. The average molecular weight is 378 g/mol. The molecule has 1 nitrogen and oxygen atoms in total. The number of rotatable bonds is 5. The van der Waals surface area contributed by atoms with Crippen LogP contribution < -0.4 is 0 Å². The minimum absolute atomic E-state index is 0.422. The van der Waals surface area contributed by atoms with E-state index in [0.717, 1.165) is 33.1 Å². The zero-order valence-corrected chi connectivity index (χ0v) is 13.7. The zero-order valence-electron chi connectivity index (χ0n) is 11.6. The third kappa shape index (κ3) is 3.70. The molecule has 20 heavy (non-hydrogen) atoms. The van der Waals surface area contributed by atoms with E-state index >= 15 is 0 Å². The van der Waals surface area contributed by atoms with E-state index in [2.05, 4.69) is 53.8 Å². The Kier molecular flexibility index (Phi) is 5.80. The SMILES string of the molecule is CCCC(O)/C(=C(\I)c1ccccc1)c1ccccc1. The second-order valence-electron chi connectivity index (χ2n) is 4.76. The van der Waals surface area contributed by atoms with Gasteiger partial charge in [0.05, 0.1) is 6.10 Å². The van der Waals surface area contributed by atoms with Gasteiger partial charge in [-0.05, 0) is 40.1 Å². The number of hydrogen-bond donors (Lipinski definition) is 1. The van der Waals surface area contributed by atoms with E-state index in [1.54, 1.807) is 0 Å². The van der Waals surface area contributed by atoms with E-state index in [4.69, 9.17) is 0 Å². The van der Waals surface area contributed by atoms with Crippen molar-refractivity contribution in [3.63, 3.8) is 0 Å². The van der Waals surface area contributed by atoms with Crippen LogP contribution in [0, 0.1) is 0 Å². The number of hydrogen-bond acceptors (Lipinski definition) is 1. The Labute approximate surface area is 134 Å². The van der Waals surface area contributed by atoms with Gasteiger partial charge in [-0.2, -0.15) is 0 Å². The van der Waals surface area contributed by atoms with Crippen molar-refractivity contribution in [1.82, 2.24) is 0 Å². The van der Waals surface area contributed by atoms with Gasteiger partial charge in [-0.25, -0.2) is 0 Å². The molecule has 2 aromatic carbocycles. The maximum Gasteiger partial charge on any atom is 0.0806 e. The number of benzene rings is 2. The van der Waals surface area contributed by atoms with E-state index < -0.39 is 6.10 Å². The molecule has 0 bridgehead atoms. The predicted molar refractivity (Wildman–Crippen MR) is 94.6 cm³/mol. The summed E-state index contributed by atoms with van der Waals surface area (Å²) in [6, 6.07) is 20.4. The molecule has 2 heteroatoms. The average Bonchev–Trinajstić information content (AvgIpc) is 2.50. The van der Waals surface area contributed by atoms with Gasteiger partial charge in [0.2, 0.25) is 0 Å². The van der Waals surface area contributed by atoms with E-state index in [-0.39, 0.29) is 0 Å². The first kappa shape index (κ1) is 15.3. The van der Waals surface area contributed by atoms with Crippen molar-refractivity contribution in [1.29, 1.82) is 0 Å². The van der Waals surface area contributed by atoms with Crippen LogP contribution in [0.3, 0.4) is 0 Å². The molecule has 0 aliphatic rings. The van der Waals surface area contributed by atoms with Crippen molar-refractivity contribution in [2.24, 2.45) is 0 Å². The molecule has 0 radical (unpaired) electrons. The van der Waals surface area contributed by atoms with Gasteiger partial charge in [-0.15, -0.1) is 0 Å². The largest absolute Gasteiger partial charge is 0.388 e. The molecule has 0 aromatic heterocycles. The molecule has 0 fully saturated rings. The van der Waals surface area contributed by atoms with Crippen molar-refractivity contribution < 1.29 is 5.11 Å². The third-order valence-corrected chi connectivity index (χ3v) is 4.45. The summed E-state index contributed by atoms with van der Waals surface area (Å²) in [7, 11) is 0. The van der Waals surface area contributed by atoms with E-state index in [0.29, 0.717) is 0 Å². The molecule has 2 rings (SSSR count). The Morgan fingerprint density at radius 3 is 1.95 bits per heavy atom. The van der Waals surface area contributed by atoms with Crippen molar-refractivity contribution in [3.05, 3.63) is 71.8 Å². The highest BCUT2D eigenvalue weighted by Crippen LogP contribution is 2.35. The lowest BCUT2D eigenvalue weighted by atomic mass is 9.95. The summed E-state index contributed by atoms with van der Waals surface area (Å²) in [6.07, 6.45) is 1.33. The van der Waals surface area contributed by atoms with Gasteiger partial charge >= 0.3 is 0 Å². The maximum absolute atomic E-state index is 10.5. The monoisotopic (exact) mass is 378 g/mol. The first-order valence-corrected chi connectivity index (χ1v) is 8.00. The van der Waals surface area contributed by atoms with Crippen molar-refractivity contribution in [3.8, 4) is 0 Å². The van der Waals surface area contributed by atoms with Crippen LogP contribution in [0.5, 0.6) is 0 Å². The predicted octanol–water partition coefficient (Wildman–Crippen LogP) is 5.15. The molecule has 2 aromatic rings. The summed E-state index contributed by atoms with van der Waals surface area (Å²) in [5.41, 5.74) is 3.28. The molecule has 1 N–H and O–H groups in total. The molecule has 0 saturated heterocycles. The fourth-order valence-electron chi connectivity index (χ4n) is 2.24. The van der Waals surface area contributed by atoms with Gasteiger partial charge in [-0.3, -0.25) is 0 Å². The van der Waals surface area contributed by atoms with Gasteiger partial charge in [0.1, 0.15) is 0 Å². The van der Waals surface area contributed by atoms with Crippen LogP contribution in [-0.4, -0.2) is 11.2 Å². The summed E-state index contributed by atoms with van der Waals surface area (Å²) in [6.45, 7) is 2.10. The van der Waals surface area contributed by atoms with Crippen LogP contribution in [0.2, 0.25) is 0 Å². The normalized spacial score (nSPS) is 13.8. The lowest BCUT2D eigenvalue weighted by molar-refractivity contribution is 0.221. The first-order chi connectivity index (χ1) is 9.74. The van der Waals surface area contributed by atoms with Gasteiger partial charge in [0.25, 0.3) is 0 Å². The first-order valence-electron chi connectivity index (χ1n) is 6.92. The second-order valence-corrected chi connectivity index (χ2v) is 5.84. The highest BCUT2D eigenvalue weighted by molar-refractivity contribution is 14.1. The molecule has 0 amide bonds. The Morgan fingerprint density at radius 1 is 0.950 bits per heavy atom. The summed E-state index contributed by atoms with van der Waals surface area (Å²) in [5.74, 6) is 0. The smallest absolute Gasteiger partial charge is 0.0806 e. The summed E-state index contributed by atoms with van der Waals surface area (Å²) in [4.78, 5) is 0. The van der Waals surface area contributed by atoms with Crippen molar-refractivity contribution >= 4 is 31.7 Å². The van der Waals surface area contributed by atoms with Crippen LogP contribution in [0.4, 0.5) is 0 Å².